The lowest BCUT2D eigenvalue weighted by Crippen LogP contribution is -2.02. The van der Waals surface area contributed by atoms with Crippen molar-refractivity contribution >= 4 is 34.2 Å². The number of hydrogen-bond acceptors (Lipinski definition) is 2. The summed E-state index contributed by atoms with van der Waals surface area (Å²) in [4.78, 5) is 2.26. The fourth-order valence-electron chi connectivity index (χ4n) is 0.954. The maximum atomic E-state index is 5.16. The zero-order chi connectivity index (χ0) is 8.69. The molecule has 0 heterocycles. The molecule has 0 rings (SSSR count). The van der Waals surface area contributed by atoms with Crippen molar-refractivity contribution in [3.8, 4) is 0 Å². The summed E-state index contributed by atoms with van der Waals surface area (Å²) in [5.41, 5.74) is 0. The van der Waals surface area contributed by atoms with Gasteiger partial charge in [-0.25, -0.2) is 0 Å². The van der Waals surface area contributed by atoms with Gasteiger partial charge in [0.15, 0.2) is 0 Å². The summed E-state index contributed by atoms with van der Waals surface area (Å²) in [7, 11) is 0. The minimum Gasteiger partial charge on any atom is -0.0893 e. The number of thiocarbonyl (C=S) groups is 2. The largest absolute Gasteiger partial charge is 0.0893 e. The van der Waals surface area contributed by atoms with Gasteiger partial charge in [-0.15, -0.1) is 0 Å². The van der Waals surface area contributed by atoms with Gasteiger partial charge in [-0.05, 0) is 22.6 Å². The Morgan fingerprint density at radius 2 is 1.27 bits per heavy atom. The van der Waals surface area contributed by atoms with Crippen molar-refractivity contribution in [2.75, 3.05) is 0 Å². The molecule has 0 aliphatic carbocycles. The summed E-state index contributed by atoms with van der Waals surface area (Å²) in [6.07, 6.45) is 5.30. The van der Waals surface area contributed by atoms with Crippen LogP contribution >= 0.6 is 24.4 Å². The van der Waals surface area contributed by atoms with Crippen molar-refractivity contribution in [2.24, 2.45) is 0 Å². The van der Waals surface area contributed by atoms with E-state index in [-0.39, 0.29) is 0 Å². The summed E-state index contributed by atoms with van der Waals surface area (Å²) in [5, 5.41) is 0. The highest BCUT2D eigenvalue weighted by Crippen LogP contribution is 2.03. The van der Waals surface area contributed by atoms with Crippen LogP contribution in [0.5, 0.6) is 0 Å². The normalized spacial score (nSPS) is 9.64. The molecule has 0 amide bonds. The average molecular weight is 188 g/mol. The van der Waals surface area contributed by atoms with E-state index in [1.807, 2.05) is 0 Å². The van der Waals surface area contributed by atoms with Crippen LogP contribution in [0.1, 0.15) is 46.0 Å². The van der Waals surface area contributed by atoms with Crippen LogP contribution in [0.3, 0.4) is 0 Å². The maximum Gasteiger partial charge on any atom is 0.0102 e. The summed E-state index contributed by atoms with van der Waals surface area (Å²) < 4.78 is 0. The number of rotatable bonds is 6. The molecule has 0 aromatic carbocycles. The molecule has 0 aromatic rings. The molecule has 2 heteroatoms. The molecule has 64 valence electrons. The predicted octanol–water partition coefficient (Wildman–Crippen LogP) is 3.72. The Kier molecular flexibility index (Phi) is 6.98. The van der Waals surface area contributed by atoms with Gasteiger partial charge in [0.05, 0.1) is 0 Å². The second-order valence-corrected chi connectivity index (χ2v) is 3.91. The van der Waals surface area contributed by atoms with Gasteiger partial charge in [0.25, 0.3) is 0 Å². The molecule has 0 radical (unpaired) electrons. The first-order valence-corrected chi connectivity index (χ1v) is 5.05. The van der Waals surface area contributed by atoms with E-state index in [1.165, 1.54) is 0 Å². The Bertz CT molecular complexity index is 122. The third-order valence-corrected chi connectivity index (χ3v) is 2.15. The minimum atomic E-state index is 0.895. The quantitative estimate of drug-likeness (QED) is 0.583. The van der Waals surface area contributed by atoms with E-state index in [4.69, 9.17) is 24.4 Å². The van der Waals surface area contributed by atoms with Crippen LogP contribution in [0.4, 0.5) is 0 Å². The van der Waals surface area contributed by atoms with E-state index in [1.54, 1.807) is 0 Å². The molecule has 0 bridgehead atoms. The standard InChI is InChI=1S/C9H16S2/c1-3-5-8(10)7-9(11)6-4-2/h3-7H2,1-2H3. The average Bonchev–Trinajstić information content (AvgIpc) is 1.87. The van der Waals surface area contributed by atoms with Crippen molar-refractivity contribution in [2.45, 2.75) is 46.0 Å². The SMILES string of the molecule is CCCC(=S)CC(=S)CCC. The van der Waals surface area contributed by atoms with Crippen LogP contribution in [0, 0.1) is 0 Å². The molecule has 0 atom stereocenters. The monoisotopic (exact) mass is 188 g/mol. The van der Waals surface area contributed by atoms with E-state index in [9.17, 15) is 0 Å². The third-order valence-electron chi connectivity index (χ3n) is 1.45. The van der Waals surface area contributed by atoms with E-state index in [0.29, 0.717) is 0 Å². The van der Waals surface area contributed by atoms with Gasteiger partial charge in [-0.3, -0.25) is 0 Å². The summed E-state index contributed by atoms with van der Waals surface area (Å²) in [6.45, 7) is 4.30. The molecule has 0 unspecified atom stereocenters. The van der Waals surface area contributed by atoms with Crippen LogP contribution in [-0.2, 0) is 0 Å². The topological polar surface area (TPSA) is 0 Å². The van der Waals surface area contributed by atoms with Gasteiger partial charge >= 0.3 is 0 Å². The van der Waals surface area contributed by atoms with Crippen molar-refractivity contribution < 1.29 is 0 Å². The molecule has 0 nitrogen and oxygen atoms in total. The summed E-state index contributed by atoms with van der Waals surface area (Å²) >= 11 is 10.3. The molecule has 0 aromatic heterocycles. The smallest absolute Gasteiger partial charge is 0.0102 e. The Balaban J connectivity index is 3.49. The van der Waals surface area contributed by atoms with Gasteiger partial charge in [0.2, 0.25) is 0 Å². The molecule has 0 saturated heterocycles. The molecule has 11 heavy (non-hydrogen) atoms. The first-order valence-electron chi connectivity index (χ1n) is 4.24. The third kappa shape index (κ3) is 6.57. The number of hydrogen-bond donors (Lipinski definition) is 0. The molecule has 0 N–H and O–H groups in total. The lowest BCUT2D eigenvalue weighted by Gasteiger charge is -2.01. The zero-order valence-corrected chi connectivity index (χ0v) is 8.99. The first-order chi connectivity index (χ1) is 5.20. The van der Waals surface area contributed by atoms with E-state index < -0.39 is 0 Å². The Morgan fingerprint density at radius 1 is 0.909 bits per heavy atom. The molecule has 0 saturated carbocycles. The molecular weight excluding hydrogens is 172 g/mol. The lowest BCUT2D eigenvalue weighted by atomic mass is 10.1. The molecular formula is C9H16S2. The van der Waals surface area contributed by atoms with Crippen molar-refractivity contribution in [1.29, 1.82) is 0 Å². The summed E-state index contributed by atoms with van der Waals surface area (Å²) in [6, 6.07) is 0. The highest BCUT2D eigenvalue weighted by atomic mass is 32.1. The van der Waals surface area contributed by atoms with E-state index in [0.717, 1.165) is 41.8 Å². The van der Waals surface area contributed by atoms with E-state index in [2.05, 4.69) is 13.8 Å². The zero-order valence-electron chi connectivity index (χ0n) is 7.35. The maximum absolute atomic E-state index is 5.16. The van der Waals surface area contributed by atoms with E-state index >= 15 is 0 Å². The molecule has 0 spiro atoms. The van der Waals surface area contributed by atoms with Gasteiger partial charge in [-0.2, -0.15) is 0 Å². The molecule has 0 fully saturated rings. The Hall–Kier alpha value is 0.180. The Labute approximate surface area is 80.4 Å². The lowest BCUT2D eigenvalue weighted by molar-refractivity contribution is 0.978. The predicted molar refractivity (Wildman–Crippen MR) is 59.6 cm³/mol. The van der Waals surface area contributed by atoms with Gasteiger partial charge in [0, 0.05) is 6.42 Å². The van der Waals surface area contributed by atoms with Crippen molar-refractivity contribution in [3.63, 3.8) is 0 Å². The van der Waals surface area contributed by atoms with Gasteiger partial charge in [-0.1, -0.05) is 51.1 Å². The highest BCUT2D eigenvalue weighted by molar-refractivity contribution is 7.82. The van der Waals surface area contributed by atoms with Crippen LogP contribution in [0.15, 0.2) is 0 Å². The minimum absolute atomic E-state index is 0.895. The highest BCUT2D eigenvalue weighted by Gasteiger charge is 1.99. The molecule has 0 aliphatic heterocycles. The Morgan fingerprint density at radius 3 is 1.55 bits per heavy atom. The van der Waals surface area contributed by atoms with Crippen LogP contribution in [0.2, 0.25) is 0 Å². The molecule has 0 aliphatic rings. The second-order valence-electron chi connectivity index (χ2n) is 2.75. The van der Waals surface area contributed by atoms with Gasteiger partial charge < -0.3 is 0 Å². The second kappa shape index (κ2) is 6.86. The van der Waals surface area contributed by atoms with Gasteiger partial charge in [0.1, 0.15) is 0 Å². The van der Waals surface area contributed by atoms with Crippen LogP contribution < -0.4 is 0 Å². The first kappa shape index (κ1) is 11.2. The van der Waals surface area contributed by atoms with Crippen LogP contribution in [0.25, 0.3) is 0 Å². The van der Waals surface area contributed by atoms with Crippen molar-refractivity contribution in [1.82, 2.24) is 0 Å². The fraction of sp³-hybridized carbons (Fsp3) is 0.778. The fourth-order valence-corrected chi connectivity index (χ4v) is 1.80. The van der Waals surface area contributed by atoms with Crippen LogP contribution in [-0.4, -0.2) is 9.73 Å². The van der Waals surface area contributed by atoms with Crippen molar-refractivity contribution in [3.05, 3.63) is 0 Å². The summed E-state index contributed by atoms with van der Waals surface area (Å²) in [5.74, 6) is 0.